The SMILES string of the molecule is C[C]1[CH][C]2[C](C=CC=C2c2ccccc2)[C]1[Si](C)(C)[C]1[C]2CCCC[C]2[C]2CCCC[C]21.[Li+].[Li+]. The van der Waals surface area contributed by atoms with Gasteiger partial charge < -0.3 is 0 Å². The zero-order chi connectivity index (χ0) is 21.9. The molecule has 0 heterocycles. The number of hydrogen-bond acceptors (Lipinski definition) is 0. The van der Waals surface area contributed by atoms with E-state index in [0.29, 0.717) is 0 Å². The third-order valence-corrected chi connectivity index (χ3v) is 12.1. The molecule has 162 valence electrons. The summed E-state index contributed by atoms with van der Waals surface area (Å²) in [6, 6.07) is 10.9. The second-order valence-corrected chi connectivity index (χ2v) is 14.9. The summed E-state index contributed by atoms with van der Waals surface area (Å²) in [5, 5.41) is 0. The van der Waals surface area contributed by atoms with Gasteiger partial charge in [0.25, 0.3) is 0 Å². The van der Waals surface area contributed by atoms with Crippen molar-refractivity contribution in [2.45, 2.75) is 71.4 Å². The fourth-order valence-electron chi connectivity index (χ4n) is 7.23. The van der Waals surface area contributed by atoms with Crippen molar-refractivity contribution in [2.75, 3.05) is 0 Å². The molecular weight excluding hydrogens is 414 g/mol. The third kappa shape index (κ3) is 4.39. The van der Waals surface area contributed by atoms with Gasteiger partial charge in [0.2, 0.25) is 0 Å². The molecule has 6 rings (SSSR count). The number of allylic oxidation sites excluding steroid dienone is 4. The van der Waals surface area contributed by atoms with Crippen molar-refractivity contribution in [2.24, 2.45) is 0 Å². The maximum absolute atomic E-state index is 2.66. The second kappa shape index (κ2) is 10.8. The van der Waals surface area contributed by atoms with Gasteiger partial charge in [0.1, 0.15) is 0 Å². The molecule has 1 aromatic rings. The number of fused-ring (bicyclic) bond motifs is 4. The molecule has 0 atom stereocenters. The molecule has 3 heteroatoms. The molecule has 0 N–H and O–H groups in total. The van der Waals surface area contributed by atoms with Crippen molar-refractivity contribution < 1.29 is 37.7 Å². The van der Waals surface area contributed by atoms with E-state index in [4.69, 9.17) is 0 Å². The first kappa shape index (κ1) is 27.2. The summed E-state index contributed by atoms with van der Waals surface area (Å²) in [7, 11) is -1.84. The molecule has 0 unspecified atom stereocenters. The van der Waals surface area contributed by atoms with Crippen LogP contribution in [0.4, 0.5) is 0 Å². The van der Waals surface area contributed by atoms with E-state index in [1.165, 1.54) is 80.3 Å². The maximum atomic E-state index is 2.66. The average molecular weight is 449 g/mol. The predicted octanol–water partition coefficient (Wildman–Crippen LogP) is 2.00. The van der Waals surface area contributed by atoms with Crippen molar-refractivity contribution in [1.82, 2.24) is 0 Å². The molecule has 1 aromatic carbocycles. The van der Waals surface area contributed by atoms with Gasteiger partial charge in [-0.25, -0.2) is 0 Å². The first-order valence-electron chi connectivity index (χ1n) is 12.6. The van der Waals surface area contributed by atoms with Crippen molar-refractivity contribution in [3.63, 3.8) is 0 Å². The van der Waals surface area contributed by atoms with E-state index >= 15 is 0 Å². The summed E-state index contributed by atoms with van der Waals surface area (Å²) in [6.45, 7) is 7.69. The van der Waals surface area contributed by atoms with Crippen molar-refractivity contribution >= 4 is 13.6 Å². The van der Waals surface area contributed by atoms with Gasteiger partial charge in [-0.2, -0.15) is 0 Å². The first-order chi connectivity index (χ1) is 15.6. The van der Waals surface area contributed by atoms with Crippen LogP contribution in [0.15, 0.2) is 48.6 Å². The Labute approximate surface area is 234 Å². The Hall–Kier alpha value is 0.112. The summed E-state index contributed by atoms with van der Waals surface area (Å²) >= 11 is 0. The fraction of sp³-hybridized carbons (Fsp3) is 0.355. The van der Waals surface area contributed by atoms with Crippen LogP contribution < -0.4 is 37.7 Å². The molecule has 34 heavy (non-hydrogen) atoms. The zero-order valence-corrected chi connectivity index (χ0v) is 22.9. The summed E-state index contributed by atoms with van der Waals surface area (Å²) in [5.41, 5.74) is 6.26. The van der Waals surface area contributed by atoms with Gasteiger partial charge in [0.15, 0.2) is 0 Å². The van der Waals surface area contributed by atoms with Gasteiger partial charge in [0, 0.05) is 11.8 Å². The Morgan fingerprint density at radius 2 is 1.24 bits per heavy atom. The monoisotopic (exact) mass is 448 g/mol. The second-order valence-electron chi connectivity index (χ2n) is 10.7. The normalized spacial score (nSPS) is 26.5. The summed E-state index contributed by atoms with van der Waals surface area (Å²) in [4.78, 5) is 0. The van der Waals surface area contributed by atoms with Crippen LogP contribution in [0.3, 0.4) is 0 Å². The zero-order valence-electron chi connectivity index (χ0n) is 21.9. The van der Waals surface area contributed by atoms with Gasteiger partial charge in [-0.05, 0) is 83.9 Å². The van der Waals surface area contributed by atoms with E-state index in [9.17, 15) is 0 Å². The van der Waals surface area contributed by atoms with E-state index in [1.807, 2.05) is 5.54 Å². The smallest absolute Gasteiger partial charge is 0.0761 e. The molecule has 0 spiro atoms. The summed E-state index contributed by atoms with van der Waals surface area (Å²) in [5.74, 6) is 11.6. The Balaban J connectivity index is 0.00000137. The third-order valence-electron chi connectivity index (χ3n) is 8.37. The Morgan fingerprint density at radius 3 is 1.82 bits per heavy atom. The first-order valence-corrected chi connectivity index (χ1v) is 15.6. The molecule has 10 radical (unpaired) electrons. The van der Waals surface area contributed by atoms with Gasteiger partial charge in [-0.3, -0.25) is 0 Å². The van der Waals surface area contributed by atoms with Crippen molar-refractivity contribution in [1.29, 1.82) is 0 Å². The molecular formula is C31H34Li2Si+2. The average Bonchev–Trinajstić information content (AvgIpc) is 3.34. The molecule has 0 bridgehead atoms. The van der Waals surface area contributed by atoms with Crippen LogP contribution in [-0.2, 0) is 0 Å². The largest absolute Gasteiger partial charge is 1.00 e. The van der Waals surface area contributed by atoms with Crippen LogP contribution in [0.5, 0.6) is 0 Å². The van der Waals surface area contributed by atoms with Crippen molar-refractivity contribution in [3.05, 3.63) is 113 Å². The van der Waals surface area contributed by atoms with Crippen LogP contribution in [0.1, 0.15) is 63.9 Å². The van der Waals surface area contributed by atoms with E-state index in [-0.39, 0.29) is 37.7 Å². The van der Waals surface area contributed by atoms with Gasteiger partial charge in [-0.1, -0.05) is 94.3 Å². The molecule has 0 nitrogen and oxygen atoms in total. The number of benzene rings is 1. The van der Waals surface area contributed by atoms with Crippen molar-refractivity contribution in [3.8, 4) is 0 Å². The molecule has 0 aromatic heterocycles. The van der Waals surface area contributed by atoms with Crippen LogP contribution in [0.2, 0.25) is 13.1 Å². The van der Waals surface area contributed by atoms with Gasteiger partial charge in [-0.15, -0.1) is 0 Å². The minimum Gasteiger partial charge on any atom is -0.0761 e. The molecule has 0 amide bonds. The molecule has 5 aliphatic carbocycles. The number of hydrogen-bond donors (Lipinski definition) is 0. The quantitative estimate of drug-likeness (QED) is 0.621. The minimum atomic E-state index is -1.84. The van der Waals surface area contributed by atoms with Crippen LogP contribution in [0.25, 0.3) is 5.57 Å². The minimum absolute atomic E-state index is 0. The van der Waals surface area contributed by atoms with Gasteiger partial charge >= 0.3 is 37.7 Å². The Morgan fingerprint density at radius 1 is 0.676 bits per heavy atom. The summed E-state index contributed by atoms with van der Waals surface area (Å²) in [6.07, 6.45) is 20.3. The molecule has 4 fully saturated rings. The van der Waals surface area contributed by atoms with Crippen LogP contribution in [-0.4, -0.2) is 8.07 Å². The Bertz CT molecular complexity index is 868. The molecule has 5 aliphatic rings. The predicted molar refractivity (Wildman–Crippen MR) is 137 cm³/mol. The maximum Gasteiger partial charge on any atom is 1.00 e. The number of rotatable bonds is 3. The fourth-order valence-corrected chi connectivity index (χ4v) is 11.5. The van der Waals surface area contributed by atoms with Crippen LogP contribution in [0, 0.1) is 58.9 Å². The molecule has 4 saturated carbocycles. The standard InChI is InChI=1S/C31H34Si.2Li/c1-21-20-29-23(22-12-5-4-6-13-22)18-11-19-28(29)30(21)32(2,3)31-26-16-9-7-14-24(26)25-15-8-10-17-27(25)31;;/h4-6,11-13,18-20H,7-10,14-17H2,1-3H3;;/q;2*+1. The topological polar surface area (TPSA) is 0 Å². The molecule has 0 saturated heterocycles. The van der Waals surface area contributed by atoms with E-state index in [0.717, 1.165) is 0 Å². The van der Waals surface area contributed by atoms with E-state index in [1.54, 1.807) is 29.2 Å². The van der Waals surface area contributed by atoms with Crippen LogP contribution >= 0.6 is 0 Å². The van der Waals surface area contributed by atoms with Gasteiger partial charge in [0.05, 0.1) is 8.07 Å². The van der Waals surface area contributed by atoms with E-state index < -0.39 is 8.07 Å². The van der Waals surface area contributed by atoms with E-state index in [2.05, 4.69) is 75.0 Å². The molecule has 0 aliphatic heterocycles. The summed E-state index contributed by atoms with van der Waals surface area (Å²) < 4.78 is 0. The Kier molecular flexibility index (Phi) is 8.66.